The monoisotopic (exact) mass is 319 g/mol. The van der Waals surface area contributed by atoms with Crippen molar-refractivity contribution in [2.45, 2.75) is 13.1 Å². The molecule has 0 bridgehead atoms. The summed E-state index contributed by atoms with van der Waals surface area (Å²) in [5, 5.41) is 0. The maximum Gasteiger partial charge on any atom is 0.454 e. The first-order chi connectivity index (χ1) is 10.8. The number of para-hydroxylation sites is 1. The van der Waals surface area contributed by atoms with Crippen molar-refractivity contribution in [3.63, 3.8) is 0 Å². The number of nitrogens with zero attached hydrogens (tertiary/aromatic N) is 1. The second-order valence-corrected chi connectivity index (χ2v) is 5.13. The number of benzene rings is 2. The molecule has 2 aromatic rings. The standard InChI is InChI=1S/C18H16F3NO/c1-13-8-6-7-11-16(13)22(2)12-15(17(23)18(19,20)21)14-9-4-3-5-10-14/h3-12H,1-2H3/b15-12+. The van der Waals surface area contributed by atoms with Gasteiger partial charge in [-0.25, -0.2) is 0 Å². The molecule has 0 aliphatic rings. The van der Waals surface area contributed by atoms with Crippen LogP contribution in [0.2, 0.25) is 0 Å². The number of alkyl halides is 3. The minimum absolute atomic E-state index is 0.232. The molecule has 0 atom stereocenters. The molecule has 120 valence electrons. The number of carbonyl (C=O) groups is 1. The summed E-state index contributed by atoms with van der Waals surface area (Å²) in [5.74, 6) is -1.86. The van der Waals surface area contributed by atoms with E-state index in [0.29, 0.717) is 0 Å². The quantitative estimate of drug-likeness (QED) is 0.767. The lowest BCUT2D eigenvalue weighted by Gasteiger charge is -2.19. The molecule has 23 heavy (non-hydrogen) atoms. The van der Waals surface area contributed by atoms with Crippen LogP contribution >= 0.6 is 0 Å². The lowest BCUT2D eigenvalue weighted by molar-refractivity contribution is -0.164. The van der Waals surface area contributed by atoms with Crippen molar-refractivity contribution in [3.8, 4) is 0 Å². The Bertz CT molecular complexity index is 721. The average Bonchev–Trinajstić information content (AvgIpc) is 2.52. The summed E-state index contributed by atoms with van der Waals surface area (Å²) in [6, 6.07) is 15.1. The third kappa shape index (κ3) is 4.00. The van der Waals surface area contributed by atoms with E-state index in [1.54, 1.807) is 37.4 Å². The van der Waals surface area contributed by atoms with Gasteiger partial charge in [0.25, 0.3) is 5.78 Å². The Morgan fingerprint density at radius 1 is 1.00 bits per heavy atom. The topological polar surface area (TPSA) is 20.3 Å². The number of Topliss-reactive ketones (excluding diaryl/α,β-unsaturated/α-hetero) is 1. The van der Waals surface area contributed by atoms with E-state index in [-0.39, 0.29) is 11.1 Å². The molecule has 0 unspecified atom stereocenters. The molecule has 0 aromatic heterocycles. The third-order valence-corrected chi connectivity index (χ3v) is 3.41. The van der Waals surface area contributed by atoms with Crippen LogP contribution in [0.1, 0.15) is 11.1 Å². The number of ketones is 1. The van der Waals surface area contributed by atoms with E-state index in [1.807, 2.05) is 19.1 Å². The van der Waals surface area contributed by atoms with Crippen molar-refractivity contribution in [2.75, 3.05) is 11.9 Å². The Balaban J connectivity index is 2.49. The van der Waals surface area contributed by atoms with Crippen molar-refractivity contribution in [1.82, 2.24) is 0 Å². The first kappa shape index (κ1) is 16.8. The fourth-order valence-corrected chi connectivity index (χ4v) is 2.26. The van der Waals surface area contributed by atoms with Gasteiger partial charge in [0.2, 0.25) is 0 Å². The van der Waals surface area contributed by atoms with Gasteiger partial charge in [0.1, 0.15) is 0 Å². The van der Waals surface area contributed by atoms with Crippen LogP contribution in [0, 0.1) is 6.92 Å². The van der Waals surface area contributed by atoms with Crippen LogP contribution in [-0.2, 0) is 4.79 Å². The van der Waals surface area contributed by atoms with Gasteiger partial charge in [-0.3, -0.25) is 4.79 Å². The molecule has 0 N–H and O–H groups in total. The number of allylic oxidation sites excluding steroid dienone is 1. The largest absolute Gasteiger partial charge is 0.454 e. The number of hydrogen-bond acceptors (Lipinski definition) is 2. The second-order valence-electron chi connectivity index (χ2n) is 5.13. The van der Waals surface area contributed by atoms with E-state index in [4.69, 9.17) is 0 Å². The number of aryl methyl sites for hydroxylation is 1. The Kier molecular flexibility index (Phi) is 4.89. The highest BCUT2D eigenvalue weighted by atomic mass is 19.4. The number of rotatable bonds is 4. The van der Waals surface area contributed by atoms with Gasteiger partial charge < -0.3 is 4.90 Å². The van der Waals surface area contributed by atoms with Crippen molar-refractivity contribution in [3.05, 3.63) is 71.9 Å². The molecule has 0 saturated heterocycles. The van der Waals surface area contributed by atoms with Gasteiger partial charge >= 0.3 is 6.18 Å². The van der Waals surface area contributed by atoms with Crippen LogP contribution in [0.15, 0.2) is 60.8 Å². The van der Waals surface area contributed by atoms with Crippen molar-refractivity contribution < 1.29 is 18.0 Å². The smallest absolute Gasteiger partial charge is 0.350 e. The number of halogens is 3. The summed E-state index contributed by atoms with van der Waals surface area (Å²) < 4.78 is 38.7. The summed E-state index contributed by atoms with van der Waals surface area (Å²) in [7, 11) is 1.62. The predicted octanol–water partition coefficient (Wildman–Crippen LogP) is 4.60. The average molecular weight is 319 g/mol. The van der Waals surface area contributed by atoms with Crippen LogP contribution in [-0.4, -0.2) is 19.0 Å². The maximum absolute atomic E-state index is 12.9. The molecule has 0 aliphatic carbocycles. The zero-order valence-corrected chi connectivity index (χ0v) is 12.8. The normalized spacial score (nSPS) is 12.1. The van der Waals surface area contributed by atoms with E-state index in [9.17, 15) is 18.0 Å². The molecule has 0 radical (unpaired) electrons. The molecule has 2 aromatic carbocycles. The van der Waals surface area contributed by atoms with E-state index in [0.717, 1.165) is 11.3 Å². The molecule has 5 heteroatoms. The Morgan fingerprint density at radius 2 is 1.57 bits per heavy atom. The van der Waals surface area contributed by atoms with E-state index >= 15 is 0 Å². The van der Waals surface area contributed by atoms with Gasteiger partial charge in [-0.15, -0.1) is 0 Å². The Hall–Kier alpha value is -2.56. The van der Waals surface area contributed by atoms with Gasteiger partial charge in [-0.1, -0.05) is 48.5 Å². The van der Waals surface area contributed by atoms with Gasteiger partial charge in [-0.05, 0) is 24.1 Å². The first-order valence-electron chi connectivity index (χ1n) is 6.98. The van der Waals surface area contributed by atoms with Crippen molar-refractivity contribution >= 4 is 17.0 Å². The molecule has 0 heterocycles. The first-order valence-corrected chi connectivity index (χ1v) is 6.98. The lowest BCUT2D eigenvalue weighted by atomic mass is 10.0. The van der Waals surface area contributed by atoms with Crippen molar-refractivity contribution in [1.29, 1.82) is 0 Å². The molecule has 0 fully saturated rings. The summed E-state index contributed by atoms with van der Waals surface area (Å²) >= 11 is 0. The highest BCUT2D eigenvalue weighted by Gasteiger charge is 2.41. The van der Waals surface area contributed by atoms with Crippen molar-refractivity contribution in [2.24, 2.45) is 0 Å². The zero-order chi connectivity index (χ0) is 17.0. The maximum atomic E-state index is 12.9. The van der Waals surface area contributed by atoms with Crippen LogP contribution in [0.4, 0.5) is 18.9 Å². The van der Waals surface area contributed by atoms with Crippen LogP contribution in [0.3, 0.4) is 0 Å². The summed E-state index contributed by atoms with van der Waals surface area (Å²) in [4.78, 5) is 13.3. The number of carbonyl (C=O) groups excluding carboxylic acids is 1. The van der Waals surface area contributed by atoms with Crippen LogP contribution in [0.25, 0.3) is 5.57 Å². The van der Waals surface area contributed by atoms with E-state index in [2.05, 4.69) is 0 Å². The molecule has 2 nitrogen and oxygen atoms in total. The van der Waals surface area contributed by atoms with E-state index in [1.165, 1.54) is 23.2 Å². The minimum Gasteiger partial charge on any atom is -0.350 e. The van der Waals surface area contributed by atoms with Crippen LogP contribution in [0.5, 0.6) is 0 Å². The molecule has 2 rings (SSSR count). The Morgan fingerprint density at radius 3 is 2.13 bits per heavy atom. The second kappa shape index (κ2) is 6.69. The fourth-order valence-electron chi connectivity index (χ4n) is 2.26. The zero-order valence-electron chi connectivity index (χ0n) is 12.8. The van der Waals surface area contributed by atoms with E-state index < -0.39 is 12.0 Å². The van der Waals surface area contributed by atoms with Gasteiger partial charge in [-0.2, -0.15) is 13.2 Å². The lowest BCUT2D eigenvalue weighted by Crippen LogP contribution is -2.25. The molecular weight excluding hydrogens is 303 g/mol. The number of anilines is 1. The molecule has 0 amide bonds. The van der Waals surface area contributed by atoms with Crippen LogP contribution < -0.4 is 4.90 Å². The molecule has 0 spiro atoms. The molecule has 0 saturated carbocycles. The van der Waals surface area contributed by atoms with Gasteiger partial charge in [0, 0.05) is 18.9 Å². The number of hydrogen-bond donors (Lipinski definition) is 0. The highest BCUT2D eigenvalue weighted by Crippen LogP contribution is 2.28. The minimum atomic E-state index is -4.92. The Labute approximate surface area is 132 Å². The van der Waals surface area contributed by atoms with Gasteiger partial charge in [0.15, 0.2) is 0 Å². The molecular formula is C18H16F3NO. The fraction of sp³-hybridized carbons (Fsp3) is 0.167. The summed E-state index contributed by atoms with van der Waals surface area (Å²) in [6.07, 6.45) is -3.69. The summed E-state index contributed by atoms with van der Waals surface area (Å²) in [5.41, 5.74) is 1.48. The molecule has 0 aliphatic heterocycles. The summed E-state index contributed by atoms with van der Waals surface area (Å²) in [6.45, 7) is 1.85. The third-order valence-electron chi connectivity index (χ3n) is 3.41. The highest BCUT2D eigenvalue weighted by molar-refractivity contribution is 6.23. The predicted molar refractivity (Wildman–Crippen MR) is 85.1 cm³/mol. The SMILES string of the molecule is Cc1ccccc1N(C)/C=C(/C(=O)C(F)(F)F)c1ccccc1. The van der Waals surface area contributed by atoms with Gasteiger partial charge in [0.05, 0.1) is 5.57 Å².